The van der Waals surface area contributed by atoms with Crippen molar-refractivity contribution >= 4 is 70.5 Å². The molecule has 2 heterocycles. The highest BCUT2D eigenvalue weighted by atomic mass is 79.9. The van der Waals surface area contributed by atoms with Crippen molar-refractivity contribution in [2.24, 2.45) is 0 Å². The first-order valence-corrected chi connectivity index (χ1v) is 8.36. The van der Waals surface area contributed by atoms with Gasteiger partial charge in [0, 0.05) is 9.75 Å². The second-order valence-corrected chi connectivity index (χ2v) is 9.08. The highest BCUT2D eigenvalue weighted by Crippen LogP contribution is 2.43. The summed E-state index contributed by atoms with van der Waals surface area (Å²) in [6.45, 7) is 2.13. The molecule has 0 bridgehead atoms. The third-order valence-corrected chi connectivity index (χ3v) is 6.71. The summed E-state index contributed by atoms with van der Waals surface area (Å²) in [5.74, 6) is 0. The van der Waals surface area contributed by atoms with Crippen LogP contribution in [0.4, 0.5) is 0 Å². The molecule has 15 heavy (non-hydrogen) atoms. The SMILES string of the molecule is Cc1ccc(C(Br)c2cc(Br)sc2Br)s1. The molecule has 0 aliphatic heterocycles. The summed E-state index contributed by atoms with van der Waals surface area (Å²) in [6, 6.07) is 6.49. The second kappa shape index (κ2) is 5.00. The van der Waals surface area contributed by atoms with Crippen LogP contribution in [-0.4, -0.2) is 0 Å². The van der Waals surface area contributed by atoms with E-state index < -0.39 is 0 Å². The van der Waals surface area contributed by atoms with Crippen LogP contribution in [0.25, 0.3) is 0 Å². The van der Waals surface area contributed by atoms with Crippen molar-refractivity contribution in [3.8, 4) is 0 Å². The molecule has 0 saturated heterocycles. The van der Waals surface area contributed by atoms with Gasteiger partial charge in [0.25, 0.3) is 0 Å². The van der Waals surface area contributed by atoms with Crippen molar-refractivity contribution in [2.75, 3.05) is 0 Å². The number of halogens is 3. The molecular formula is C10H7Br3S2. The first-order chi connectivity index (χ1) is 7.08. The molecule has 0 saturated carbocycles. The highest BCUT2D eigenvalue weighted by Gasteiger charge is 2.17. The number of aryl methyl sites for hydroxylation is 1. The zero-order valence-electron chi connectivity index (χ0n) is 7.76. The fourth-order valence-corrected chi connectivity index (χ4v) is 6.30. The van der Waals surface area contributed by atoms with Crippen molar-refractivity contribution < 1.29 is 0 Å². The number of hydrogen-bond acceptors (Lipinski definition) is 2. The molecule has 2 aromatic heterocycles. The van der Waals surface area contributed by atoms with E-state index in [1.807, 2.05) is 11.3 Å². The van der Waals surface area contributed by atoms with E-state index in [9.17, 15) is 0 Å². The smallest absolute Gasteiger partial charge is 0.0757 e. The van der Waals surface area contributed by atoms with E-state index in [1.165, 1.54) is 19.1 Å². The van der Waals surface area contributed by atoms with Gasteiger partial charge in [0.2, 0.25) is 0 Å². The van der Waals surface area contributed by atoms with Crippen LogP contribution in [-0.2, 0) is 0 Å². The van der Waals surface area contributed by atoms with Gasteiger partial charge in [-0.25, -0.2) is 0 Å². The predicted molar refractivity (Wildman–Crippen MR) is 79.5 cm³/mol. The first-order valence-electron chi connectivity index (χ1n) is 4.23. The maximum Gasteiger partial charge on any atom is 0.0757 e. The maximum absolute atomic E-state index is 3.74. The summed E-state index contributed by atoms with van der Waals surface area (Å²) >= 11 is 14.4. The van der Waals surface area contributed by atoms with Gasteiger partial charge in [0.15, 0.2) is 0 Å². The van der Waals surface area contributed by atoms with E-state index in [1.54, 1.807) is 11.3 Å². The molecule has 2 aromatic rings. The normalized spacial score (nSPS) is 13.1. The van der Waals surface area contributed by atoms with Crippen LogP contribution in [0.2, 0.25) is 0 Å². The molecule has 80 valence electrons. The van der Waals surface area contributed by atoms with Gasteiger partial charge >= 0.3 is 0 Å². The summed E-state index contributed by atoms with van der Waals surface area (Å²) < 4.78 is 2.34. The van der Waals surface area contributed by atoms with Crippen LogP contribution in [0.3, 0.4) is 0 Å². The van der Waals surface area contributed by atoms with Gasteiger partial charge in [-0.15, -0.1) is 22.7 Å². The molecule has 0 aromatic carbocycles. The van der Waals surface area contributed by atoms with E-state index in [-0.39, 0.29) is 4.83 Å². The Morgan fingerprint density at radius 3 is 2.40 bits per heavy atom. The minimum atomic E-state index is 0.285. The molecular weight excluding hydrogens is 424 g/mol. The molecule has 0 aliphatic carbocycles. The van der Waals surface area contributed by atoms with E-state index in [4.69, 9.17) is 0 Å². The van der Waals surface area contributed by atoms with Gasteiger partial charge in [0.05, 0.1) is 12.4 Å². The van der Waals surface area contributed by atoms with Crippen LogP contribution >= 0.6 is 70.5 Å². The van der Waals surface area contributed by atoms with Crippen LogP contribution in [0, 0.1) is 6.92 Å². The number of hydrogen-bond donors (Lipinski definition) is 0. The third-order valence-electron chi connectivity index (χ3n) is 1.97. The first kappa shape index (κ1) is 12.3. The standard InChI is InChI=1S/C10H7Br3S2/c1-5-2-3-7(14-5)9(12)6-4-8(11)15-10(6)13/h2-4,9H,1H3. The second-order valence-electron chi connectivity index (χ2n) is 3.09. The molecule has 0 spiro atoms. The summed E-state index contributed by atoms with van der Waals surface area (Å²) in [5, 5.41) is 0. The summed E-state index contributed by atoms with van der Waals surface area (Å²) in [6.07, 6.45) is 0. The molecule has 0 fully saturated rings. The Kier molecular flexibility index (Phi) is 4.10. The number of alkyl halides is 1. The lowest BCUT2D eigenvalue weighted by atomic mass is 10.2. The largest absolute Gasteiger partial charge is 0.144 e. The van der Waals surface area contributed by atoms with E-state index in [0.29, 0.717) is 0 Å². The molecule has 1 unspecified atom stereocenters. The van der Waals surface area contributed by atoms with Crippen molar-refractivity contribution in [2.45, 2.75) is 11.8 Å². The van der Waals surface area contributed by atoms with Gasteiger partial charge in [0.1, 0.15) is 0 Å². The summed E-state index contributed by atoms with van der Waals surface area (Å²) in [5.41, 5.74) is 1.29. The Bertz CT molecular complexity index is 473. The Morgan fingerprint density at radius 1 is 1.20 bits per heavy atom. The Hall–Kier alpha value is 0.840. The van der Waals surface area contributed by atoms with Crippen molar-refractivity contribution in [3.05, 3.63) is 41.1 Å². The van der Waals surface area contributed by atoms with Crippen molar-refractivity contribution in [3.63, 3.8) is 0 Å². The summed E-state index contributed by atoms with van der Waals surface area (Å²) in [7, 11) is 0. The van der Waals surface area contributed by atoms with Crippen LogP contribution in [0.1, 0.15) is 20.1 Å². The monoisotopic (exact) mass is 428 g/mol. The van der Waals surface area contributed by atoms with Crippen molar-refractivity contribution in [1.29, 1.82) is 0 Å². The van der Waals surface area contributed by atoms with Gasteiger partial charge in [-0.05, 0) is 62.5 Å². The molecule has 0 nitrogen and oxygen atoms in total. The Balaban J connectivity index is 2.35. The van der Waals surface area contributed by atoms with E-state index in [2.05, 4.69) is 72.9 Å². The zero-order chi connectivity index (χ0) is 11.0. The van der Waals surface area contributed by atoms with E-state index >= 15 is 0 Å². The molecule has 5 heteroatoms. The molecule has 0 amide bonds. The molecule has 2 rings (SSSR count). The lowest BCUT2D eigenvalue weighted by Gasteiger charge is -2.05. The minimum absolute atomic E-state index is 0.285. The zero-order valence-corrected chi connectivity index (χ0v) is 14.2. The Morgan fingerprint density at radius 2 is 1.93 bits per heavy atom. The fourth-order valence-electron chi connectivity index (χ4n) is 1.27. The predicted octanol–water partition coefficient (Wildman–Crippen LogP) is 6.13. The average molecular weight is 431 g/mol. The fraction of sp³-hybridized carbons (Fsp3) is 0.200. The molecule has 1 atom stereocenters. The third kappa shape index (κ3) is 2.75. The number of rotatable bonds is 2. The quantitative estimate of drug-likeness (QED) is 0.503. The van der Waals surface area contributed by atoms with Gasteiger partial charge in [-0.3, -0.25) is 0 Å². The lowest BCUT2D eigenvalue weighted by molar-refractivity contribution is 1.23. The van der Waals surface area contributed by atoms with Crippen LogP contribution < -0.4 is 0 Å². The molecule has 0 aliphatic rings. The maximum atomic E-state index is 3.74. The molecule has 0 N–H and O–H groups in total. The van der Waals surface area contributed by atoms with E-state index in [0.717, 1.165) is 3.79 Å². The van der Waals surface area contributed by atoms with Gasteiger partial charge in [-0.2, -0.15) is 0 Å². The highest BCUT2D eigenvalue weighted by molar-refractivity contribution is 9.12. The van der Waals surface area contributed by atoms with Crippen molar-refractivity contribution in [1.82, 2.24) is 0 Å². The summed E-state index contributed by atoms with van der Waals surface area (Å²) in [4.78, 5) is 2.98. The average Bonchev–Trinajstić information content (AvgIpc) is 2.71. The number of thiophene rings is 2. The lowest BCUT2D eigenvalue weighted by Crippen LogP contribution is -1.86. The Labute approximate surface area is 122 Å². The van der Waals surface area contributed by atoms with Gasteiger partial charge in [-0.1, -0.05) is 15.9 Å². The van der Waals surface area contributed by atoms with Crippen LogP contribution in [0.15, 0.2) is 25.8 Å². The minimum Gasteiger partial charge on any atom is -0.144 e. The molecule has 0 radical (unpaired) electrons. The van der Waals surface area contributed by atoms with Crippen LogP contribution in [0.5, 0.6) is 0 Å². The topological polar surface area (TPSA) is 0 Å². The van der Waals surface area contributed by atoms with Gasteiger partial charge < -0.3 is 0 Å².